The topological polar surface area (TPSA) is 47.0 Å². The Balaban J connectivity index is 2.48. The van der Waals surface area contributed by atoms with Gasteiger partial charge in [-0.3, -0.25) is 0 Å². The molecule has 5 heteroatoms. The van der Waals surface area contributed by atoms with Crippen LogP contribution in [0.5, 0.6) is 0 Å². The Morgan fingerprint density at radius 1 is 1.44 bits per heavy atom. The fraction of sp³-hybridized carbons (Fsp3) is 0.818. The summed E-state index contributed by atoms with van der Waals surface area (Å²) in [7, 11) is 0. The van der Waals surface area contributed by atoms with Gasteiger partial charge in [0.05, 0.1) is 5.60 Å². The first kappa shape index (κ1) is 13.4. The maximum absolute atomic E-state index is 5.60. The van der Waals surface area contributed by atoms with E-state index in [2.05, 4.69) is 42.4 Å². The van der Waals surface area contributed by atoms with Crippen molar-refractivity contribution < 1.29 is 4.74 Å². The largest absolute Gasteiger partial charge is 0.374 e. The highest BCUT2D eigenvalue weighted by Gasteiger charge is 2.18. The van der Waals surface area contributed by atoms with Crippen LogP contribution in [0.25, 0.3) is 0 Å². The Labute approximate surface area is 102 Å². The van der Waals surface area contributed by atoms with Crippen LogP contribution < -0.4 is 5.32 Å². The lowest BCUT2D eigenvalue weighted by atomic mass is 10.1. The van der Waals surface area contributed by atoms with Gasteiger partial charge in [0.2, 0.25) is 5.13 Å². The Morgan fingerprint density at radius 2 is 2.12 bits per heavy atom. The van der Waals surface area contributed by atoms with Gasteiger partial charge in [0, 0.05) is 30.6 Å². The third-order valence-electron chi connectivity index (χ3n) is 2.16. The van der Waals surface area contributed by atoms with E-state index in [1.54, 1.807) is 0 Å². The smallest absolute Gasteiger partial charge is 0.202 e. The van der Waals surface area contributed by atoms with Crippen LogP contribution in [0.3, 0.4) is 0 Å². The van der Waals surface area contributed by atoms with Crippen molar-refractivity contribution >= 4 is 16.7 Å². The summed E-state index contributed by atoms with van der Waals surface area (Å²) in [5.41, 5.74) is -0.168. The molecule has 1 rings (SSSR count). The van der Waals surface area contributed by atoms with Crippen LogP contribution in [-0.2, 0) is 4.74 Å². The molecule has 0 aliphatic carbocycles. The molecule has 4 nitrogen and oxygen atoms in total. The van der Waals surface area contributed by atoms with Crippen molar-refractivity contribution in [2.45, 2.75) is 46.1 Å². The van der Waals surface area contributed by atoms with E-state index in [9.17, 15) is 0 Å². The third kappa shape index (κ3) is 4.06. The van der Waals surface area contributed by atoms with Gasteiger partial charge in [-0.2, -0.15) is 4.37 Å². The summed E-state index contributed by atoms with van der Waals surface area (Å²) in [5.74, 6) is 1.29. The normalized spacial score (nSPS) is 12.1. The van der Waals surface area contributed by atoms with Gasteiger partial charge in [-0.15, -0.1) is 0 Å². The summed E-state index contributed by atoms with van der Waals surface area (Å²) in [6.45, 7) is 11.8. The maximum Gasteiger partial charge on any atom is 0.202 e. The van der Waals surface area contributed by atoms with Gasteiger partial charge in [-0.05, 0) is 20.8 Å². The van der Waals surface area contributed by atoms with Crippen LogP contribution in [0.15, 0.2) is 0 Å². The lowest BCUT2D eigenvalue weighted by Gasteiger charge is -2.24. The molecule has 0 amide bonds. The van der Waals surface area contributed by atoms with Crippen molar-refractivity contribution in [1.82, 2.24) is 9.36 Å². The molecule has 1 aromatic heterocycles. The number of nitrogens with one attached hydrogen (secondary N) is 1. The fourth-order valence-corrected chi connectivity index (χ4v) is 1.97. The SMILES string of the molecule is CCOC(C)(C)CNc1nc(C(C)C)ns1. The Morgan fingerprint density at radius 3 is 2.62 bits per heavy atom. The van der Waals surface area contributed by atoms with Gasteiger partial charge in [-0.1, -0.05) is 13.8 Å². The van der Waals surface area contributed by atoms with Gasteiger partial charge < -0.3 is 10.1 Å². The second-order valence-electron chi connectivity index (χ2n) is 4.66. The molecule has 0 bridgehead atoms. The van der Waals surface area contributed by atoms with Crippen LogP contribution >= 0.6 is 11.5 Å². The van der Waals surface area contributed by atoms with Gasteiger partial charge in [0.25, 0.3) is 0 Å². The van der Waals surface area contributed by atoms with Crippen molar-refractivity contribution in [1.29, 1.82) is 0 Å². The molecule has 0 saturated carbocycles. The quantitative estimate of drug-likeness (QED) is 0.834. The molecule has 0 aromatic carbocycles. The molecule has 1 aromatic rings. The summed E-state index contributed by atoms with van der Waals surface area (Å²) in [6.07, 6.45) is 0. The Hall–Kier alpha value is -0.680. The fourth-order valence-electron chi connectivity index (χ4n) is 1.27. The standard InChI is InChI=1S/C11H21N3OS/c1-6-15-11(4,5)7-12-10-13-9(8(2)3)14-16-10/h8H,6-7H2,1-5H3,(H,12,13,14). The van der Waals surface area contributed by atoms with Crippen LogP contribution in [0.1, 0.15) is 46.4 Å². The molecule has 0 radical (unpaired) electrons. The van der Waals surface area contributed by atoms with Crippen LogP contribution in [0.4, 0.5) is 5.13 Å². The zero-order valence-corrected chi connectivity index (χ0v) is 11.5. The average molecular weight is 243 g/mol. The highest BCUT2D eigenvalue weighted by molar-refractivity contribution is 7.09. The zero-order chi connectivity index (χ0) is 12.2. The second-order valence-corrected chi connectivity index (χ2v) is 5.41. The predicted octanol–water partition coefficient (Wildman–Crippen LogP) is 2.89. The number of rotatable bonds is 6. The number of nitrogens with zero attached hydrogens (tertiary/aromatic N) is 2. The molecule has 1 heterocycles. The summed E-state index contributed by atoms with van der Waals surface area (Å²) in [6, 6.07) is 0. The van der Waals surface area contributed by atoms with E-state index in [-0.39, 0.29) is 5.60 Å². The highest BCUT2D eigenvalue weighted by atomic mass is 32.1. The first-order valence-corrected chi connectivity index (χ1v) is 6.43. The molecule has 0 unspecified atom stereocenters. The first-order valence-electron chi connectivity index (χ1n) is 5.66. The monoisotopic (exact) mass is 243 g/mol. The van der Waals surface area contributed by atoms with Gasteiger partial charge >= 0.3 is 0 Å². The average Bonchev–Trinajstić information content (AvgIpc) is 2.63. The van der Waals surface area contributed by atoms with E-state index in [1.807, 2.05) is 6.92 Å². The summed E-state index contributed by atoms with van der Waals surface area (Å²) in [5, 5.41) is 4.14. The van der Waals surface area contributed by atoms with E-state index >= 15 is 0 Å². The lowest BCUT2D eigenvalue weighted by Crippen LogP contribution is -2.33. The van der Waals surface area contributed by atoms with Crippen LogP contribution in [-0.4, -0.2) is 28.1 Å². The molecule has 16 heavy (non-hydrogen) atoms. The number of ether oxygens (including phenoxy) is 1. The third-order valence-corrected chi connectivity index (χ3v) is 2.85. The number of hydrogen-bond donors (Lipinski definition) is 1. The van der Waals surface area contributed by atoms with Gasteiger partial charge in [0.1, 0.15) is 5.82 Å². The van der Waals surface area contributed by atoms with Crippen molar-refractivity contribution in [3.63, 3.8) is 0 Å². The van der Waals surface area contributed by atoms with Gasteiger partial charge in [-0.25, -0.2) is 4.98 Å². The molecule has 1 N–H and O–H groups in total. The van der Waals surface area contributed by atoms with Gasteiger partial charge in [0.15, 0.2) is 0 Å². The molecular weight excluding hydrogens is 222 g/mol. The highest BCUT2D eigenvalue weighted by Crippen LogP contribution is 2.18. The number of aromatic nitrogens is 2. The predicted molar refractivity (Wildman–Crippen MR) is 68.2 cm³/mol. The molecule has 0 atom stereocenters. The second kappa shape index (κ2) is 5.59. The van der Waals surface area contributed by atoms with E-state index in [4.69, 9.17) is 4.74 Å². The van der Waals surface area contributed by atoms with E-state index in [0.717, 1.165) is 24.1 Å². The minimum Gasteiger partial charge on any atom is -0.374 e. The summed E-state index contributed by atoms with van der Waals surface area (Å²) in [4.78, 5) is 4.41. The van der Waals surface area contributed by atoms with Crippen molar-refractivity contribution in [3.8, 4) is 0 Å². The minimum absolute atomic E-state index is 0.168. The molecule has 0 spiro atoms. The molecule has 0 aliphatic rings. The summed E-state index contributed by atoms with van der Waals surface area (Å²) >= 11 is 1.41. The number of anilines is 1. The van der Waals surface area contributed by atoms with Crippen LogP contribution in [0, 0.1) is 0 Å². The lowest BCUT2D eigenvalue weighted by molar-refractivity contribution is 0.000694. The molecular formula is C11H21N3OS. The van der Waals surface area contributed by atoms with E-state index in [0.29, 0.717) is 5.92 Å². The Kier molecular flexibility index (Phi) is 4.68. The van der Waals surface area contributed by atoms with E-state index < -0.39 is 0 Å². The Bertz CT molecular complexity index is 323. The molecule has 0 fully saturated rings. The summed E-state index contributed by atoms with van der Waals surface area (Å²) < 4.78 is 9.89. The first-order chi connectivity index (χ1) is 7.44. The van der Waals surface area contributed by atoms with Crippen LogP contribution in [0.2, 0.25) is 0 Å². The minimum atomic E-state index is -0.168. The molecule has 92 valence electrons. The van der Waals surface area contributed by atoms with Crippen molar-refractivity contribution in [2.24, 2.45) is 0 Å². The van der Waals surface area contributed by atoms with Crippen molar-refractivity contribution in [3.05, 3.63) is 5.82 Å². The van der Waals surface area contributed by atoms with E-state index in [1.165, 1.54) is 11.5 Å². The number of hydrogen-bond acceptors (Lipinski definition) is 5. The molecule has 0 aliphatic heterocycles. The molecule has 0 saturated heterocycles. The van der Waals surface area contributed by atoms with Crippen molar-refractivity contribution in [2.75, 3.05) is 18.5 Å². The zero-order valence-electron chi connectivity index (χ0n) is 10.7. The maximum atomic E-state index is 5.60.